The number of halogens is 5. The lowest BCUT2D eigenvalue weighted by molar-refractivity contribution is -0.249. The second-order valence-electron chi connectivity index (χ2n) is 9.00. The number of benzene rings is 1. The fourth-order valence-corrected chi connectivity index (χ4v) is 5.28. The number of aliphatic imine (C=N–C) groups is 1. The number of hydrogen-bond acceptors (Lipinski definition) is 9. The number of alkyl halides is 5. The summed E-state index contributed by atoms with van der Waals surface area (Å²) in [5.41, 5.74) is -1.26. The Bertz CT molecular complexity index is 1440. The van der Waals surface area contributed by atoms with Crippen molar-refractivity contribution in [3.8, 4) is 5.75 Å². The van der Waals surface area contributed by atoms with Crippen LogP contribution in [0.4, 0.5) is 27.8 Å². The standard InChI is InChI=1S/C25H20F5N5O5S/c26-22(27)40-15-6-7-16(31-9-15)20(37)32-18-11-41-21(33-18)24-12-39-17(25(28,29)30)8-14(24)10-38-23(35-24)34-19(36)13-4-2-1-3-5-13/h1-7,9,11,14,17,22H,8,10,12H2,(H,32,37)(H,34,35,36)/t14-,17+,24-/m0/s1. The van der Waals surface area contributed by atoms with Crippen LogP contribution in [-0.2, 0) is 15.0 Å². The zero-order valence-corrected chi connectivity index (χ0v) is 21.5. The number of nitrogens with zero attached hydrogens (tertiary/aromatic N) is 3. The Morgan fingerprint density at radius 1 is 1.10 bits per heavy atom. The van der Waals surface area contributed by atoms with Crippen LogP contribution in [0.1, 0.15) is 32.3 Å². The molecule has 0 saturated carbocycles. The maximum atomic E-state index is 13.5. The molecule has 1 aromatic carbocycles. The van der Waals surface area contributed by atoms with Gasteiger partial charge in [0.05, 0.1) is 19.4 Å². The second-order valence-corrected chi connectivity index (χ2v) is 9.85. The number of ether oxygens (including phenoxy) is 3. The van der Waals surface area contributed by atoms with E-state index in [4.69, 9.17) is 9.47 Å². The van der Waals surface area contributed by atoms with E-state index in [2.05, 4.69) is 30.3 Å². The highest BCUT2D eigenvalue weighted by Gasteiger charge is 2.56. The van der Waals surface area contributed by atoms with Crippen molar-refractivity contribution >= 4 is 35.0 Å². The highest BCUT2D eigenvalue weighted by Crippen LogP contribution is 2.47. The molecule has 0 spiro atoms. The van der Waals surface area contributed by atoms with Gasteiger partial charge in [-0.3, -0.25) is 14.9 Å². The average molecular weight is 598 g/mol. The van der Waals surface area contributed by atoms with Gasteiger partial charge in [-0.15, -0.1) is 11.3 Å². The van der Waals surface area contributed by atoms with Crippen LogP contribution in [0.3, 0.4) is 0 Å². The maximum absolute atomic E-state index is 13.5. The number of thiazole rings is 1. The van der Waals surface area contributed by atoms with Crippen LogP contribution in [0.2, 0.25) is 0 Å². The number of hydrogen-bond donors (Lipinski definition) is 2. The number of amidine groups is 1. The first-order valence-electron chi connectivity index (χ1n) is 12.0. The lowest BCUT2D eigenvalue weighted by Crippen LogP contribution is -2.55. The molecule has 0 bridgehead atoms. The van der Waals surface area contributed by atoms with Crippen molar-refractivity contribution in [2.45, 2.75) is 30.9 Å². The highest BCUT2D eigenvalue weighted by molar-refractivity contribution is 7.10. The molecular formula is C25H20F5N5O5S. The molecule has 2 aliphatic rings. The third-order valence-electron chi connectivity index (χ3n) is 6.33. The van der Waals surface area contributed by atoms with E-state index < -0.39 is 55.2 Å². The summed E-state index contributed by atoms with van der Waals surface area (Å²) in [4.78, 5) is 38.0. The molecular weight excluding hydrogens is 577 g/mol. The van der Waals surface area contributed by atoms with Gasteiger partial charge in [-0.25, -0.2) is 15.0 Å². The Kier molecular flexibility index (Phi) is 7.86. The number of carbonyl (C=O) groups is 2. The van der Waals surface area contributed by atoms with E-state index in [9.17, 15) is 31.5 Å². The van der Waals surface area contributed by atoms with Crippen molar-refractivity contribution in [1.29, 1.82) is 0 Å². The molecule has 41 heavy (non-hydrogen) atoms. The Morgan fingerprint density at radius 3 is 2.56 bits per heavy atom. The summed E-state index contributed by atoms with van der Waals surface area (Å²) in [5.74, 6) is -2.26. The van der Waals surface area contributed by atoms with Gasteiger partial charge in [0.25, 0.3) is 17.8 Å². The SMILES string of the molecule is O=C(NC1=N[C@@]2(c3nc(NC(=O)c4ccc(OC(F)F)cn4)cs3)CO[C@@H](C(F)(F)F)C[C@H]2CO1)c1ccccc1. The maximum Gasteiger partial charge on any atom is 0.414 e. The minimum absolute atomic E-state index is 0.0485. The van der Waals surface area contributed by atoms with E-state index in [-0.39, 0.29) is 34.9 Å². The van der Waals surface area contributed by atoms with Gasteiger partial charge in [0.1, 0.15) is 27.8 Å². The molecule has 3 aromatic rings. The molecule has 16 heteroatoms. The topological polar surface area (TPSA) is 124 Å². The number of anilines is 1. The van der Waals surface area contributed by atoms with Gasteiger partial charge < -0.3 is 19.5 Å². The van der Waals surface area contributed by atoms with Gasteiger partial charge in [-0.1, -0.05) is 18.2 Å². The zero-order chi connectivity index (χ0) is 29.2. The summed E-state index contributed by atoms with van der Waals surface area (Å²) >= 11 is 1.02. The Hall–Kier alpha value is -4.18. The lowest BCUT2D eigenvalue weighted by atomic mass is 9.79. The number of pyridine rings is 1. The van der Waals surface area contributed by atoms with Crippen molar-refractivity contribution in [2.75, 3.05) is 18.5 Å². The fourth-order valence-electron chi connectivity index (χ4n) is 4.32. The molecule has 0 radical (unpaired) electrons. The molecule has 2 aromatic heterocycles. The van der Waals surface area contributed by atoms with Gasteiger partial charge in [0.2, 0.25) is 0 Å². The Morgan fingerprint density at radius 2 is 1.88 bits per heavy atom. The molecule has 1 fully saturated rings. The third kappa shape index (κ3) is 6.27. The van der Waals surface area contributed by atoms with Crippen LogP contribution in [0.5, 0.6) is 5.75 Å². The second kappa shape index (κ2) is 11.4. The van der Waals surface area contributed by atoms with Crippen molar-refractivity contribution in [3.05, 3.63) is 70.3 Å². The van der Waals surface area contributed by atoms with Gasteiger partial charge in [0.15, 0.2) is 6.10 Å². The van der Waals surface area contributed by atoms with Crippen LogP contribution in [0.15, 0.2) is 59.0 Å². The summed E-state index contributed by atoms with van der Waals surface area (Å²) in [6, 6.07) is 10.3. The number of nitrogens with one attached hydrogen (secondary N) is 2. The van der Waals surface area contributed by atoms with Crippen LogP contribution in [-0.4, -0.2) is 59.9 Å². The van der Waals surface area contributed by atoms with Gasteiger partial charge in [-0.05, 0) is 30.7 Å². The summed E-state index contributed by atoms with van der Waals surface area (Å²) in [6.07, 6.45) is -6.16. The smallest absolute Gasteiger partial charge is 0.414 e. The third-order valence-corrected chi connectivity index (χ3v) is 7.34. The summed E-state index contributed by atoms with van der Waals surface area (Å²) in [6.45, 7) is -3.77. The van der Waals surface area contributed by atoms with Gasteiger partial charge in [0, 0.05) is 16.9 Å². The molecule has 216 valence electrons. The first-order valence-corrected chi connectivity index (χ1v) is 12.9. The van der Waals surface area contributed by atoms with Crippen LogP contribution in [0, 0.1) is 5.92 Å². The first kappa shape index (κ1) is 28.4. The number of fused-ring (bicyclic) bond motifs is 1. The molecule has 2 amide bonds. The lowest BCUT2D eigenvalue weighted by Gasteiger charge is -2.45. The summed E-state index contributed by atoms with van der Waals surface area (Å²) < 4.78 is 80.1. The fraction of sp³-hybridized carbons (Fsp3) is 0.320. The molecule has 3 atom stereocenters. The number of aromatic nitrogens is 2. The van der Waals surface area contributed by atoms with E-state index in [1.165, 1.54) is 11.4 Å². The van der Waals surface area contributed by atoms with Crippen LogP contribution >= 0.6 is 11.3 Å². The molecule has 2 aliphatic heterocycles. The molecule has 0 unspecified atom stereocenters. The first-order chi connectivity index (χ1) is 19.5. The normalized spacial score (nSPS) is 22.2. The van der Waals surface area contributed by atoms with Crippen LogP contribution in [0.25, 0.3) is 0 Å². The predicted octanol–water partition coefficient (Wildman–Crippen LogP) is 4.37. The van der Waals surface area contributed by atoms with E-state index in [1.807, 2.05) is 0 Å². The molecule has 1 saturated heterocycles. The van der Waals surface area contributed by atoms with E-state index in [1.54, 1.807) is 30.3 Å². The molecule has 4 heterocycles. The number of carbonyl (C=O) groups excluding carboxylic acids is 2. The summed E-state index contributed by atoms with van der Waals surface area (Å²) in [5, 5.41) is 6.72. The van der Waals surface area contributed by atoms with Crippen molar-refractivity contribution in [1.82, 2.24) is 15.3 Å². The monoisotopic (exact) mass is 597 g/mol. The molecule has 5 rings (SSSR count). The average Bonchev–Trinajstić information content (AvgIpc) is 3.42. The minimum Gasteiger partial charge on any atom is -0.465 e. The van der Waals surface area contributed by atoms with Crippen molar-refractivity contribution in [3.63, 3.8) is 0 Å². The molecule has 2 N–H and O–H groups in total. The largest absolute Gasteiger partial charge is 0.465 e. The predicted molar refractivity (Wildman–Crippen MR) is 134 cm³/mol. The van der Waals surface area contributed by atoms with E-state index in [0.29, 0.717) is 5.56 Å². The Balaban J connectivity index is 1.39. The quantitative estimate of drug-likeness (QED) is 0.405. The van der Waals surface area contributed by atoms with Gasteiger partial charge >= 0.3 is 12.8 Å². The van der Waals surface area contributed by atoms with E-state index in [0.717, 1.165) is 23.6 Å². The number of amides is 2. The molecule has 10 nitrogen and oxygen atoms in total. The minimum atomic E-state index is -4.61. The van der Waals surface area contributed by atoms with Crippen LogP contribution < -0.4 is 15.4 Å². The van der Waals surface area contributed by atoms with Gasteiger partial charge in [-0.2, -0.15) is 22.0 Å². The highest BCUT2D eigenvalue weighted by atomic mass is 32.1. The van der Waals surface area contributed by atoms with Crippen molar-refractivity contribution < 1.29 is 45.8 Å². The summed E-state index contributed by atoms with van der Waals surface area (Å²) in [7, 11) is 0. The zero-order valence-electron chi connectivity index (χ0n) is 20.7. The van der Waals surface area contributed by atoms with E-state index >= 15 is 0 Å². The molecule has 0 aliphatic carbocycles. The van der Waals surface area contributed by atoms with Crippen molar-refractivity contribution in [2.24, 2.45) is 10.9 Å². The Labute approximate surface area is 232 Å². The number of rotatable bonds is 6.